The van der Waals surface area contributed by atoms with E-state index in [0.29, 0.717) is 31.0 Å². The Bertz CT molecular complexity index is 882. The minimum atomic E-state index is -0.354. The van der Waals surface area contributed by atoms with Crippen LogP contribution in [0.3, 0.4) is 0 Å². The van der Waals surface area contributed by atoms with Crippen molar-refractivity contribution in [2.24, 2.45) is 5.92 Å². The first-order valence-corrected chi connectivity index (χ1v) is 10.3. The number of amides is 2. The maximum atomic E-state index is 13.0. The number of hydrogen-bond donors (Lipinski definition) is 1. The first-order chi connectivity index (χ1) is 14.4. The summed E-state index contributed by atoms with van der Waals surface area (Å²) >= 11 is 0. The fraction of sp³-hybridized carbons (Fsp3) is 0.417. The Labute approximate surface area is 178 Å². The lowest BCUT2D eigenvalue weighted by molar-refractivity contribution is -0.130. The van der Waals surface area contributed by atoms with Crippen molar-refractivity contribution in [2.75, 3.05) is 27.3 Å². The molecule has 0 aromatic heterocycles. The smallest absolute Gasteiger partial charge is 0.227 e. The van der Waals surface area contributed by atoms with Gasteiger partial charge in [-0.1, -0.05) is 30.3 Å². The quantitative estimate of drug-likeness (QED) is 0.762. The number of hydrogen-bond acceptors (Lipinski definition) is 4. The molecule has 1 N–H and O–H groups in total. The van der Waals surface area contributed by atoms with Crippen molar-refractivity contribution < 1.29 is 19.1 Å². The van der Waals surface area contributed by atoms with E-state index in [4.69, 9.17) is 9.47 Å². The fourth-order valence-corrected chi connectivity index (χ4v) is 3.99. The third-order valence-electron chi connectivity index (χ3n) is 5.47. The maximum absolute atomic E-state index is 13.0. The summed E-state index contributed by atoms with van der Waals surface area (Å²) in [6.07, 6.45) is 0.321. The summed E-state index contributed by atoms with van der Waals surface area (Å²) < 4.78 is 11.0. The van der Waals surface area contributed by atoms with E-state index in [0.717, 1.165) is 11.1 Å². The molecule has 6 nitrogen and oxygen atoms in total. The summed E-state index contributed by atoms with van der Waals surface area (Å²) in [5, 5.41) is 3.01. The Morgan fingerprint density at radius 1 is 1.07 bits per heavy atom. The Hall–Kier alpha value is -3.02. The summed E-state index contributed by atoms with van der Waals surface area (Å²) in [5.41, 5.74) is 1.85. The predicted molar refractivity (Wildman–Crippen MR) is 116 cm³/mol. The highest BCUT2D eigenvalue weighted by molar-refractivity contribution is 5.84. The molecular weight excluding hydrogens is 380 g/mol. The first kappa shape index (κ1) is 21.7. The van der Waals surface area contributed by atoms with Crippen molar-refractivity contribution in [2.45, 2.75) is 32.2 Å². The second-order valence-electron chi connectivity index (χ2n) is 7.95. The van der Waals surface area contributed by atoms with Crippen LogP contribution >= 0.6 is 0 Å². The van der Waals surface area contributed by atoms with E-state index in [9.17, 15) is 9.59 Å². The highest BCUT2D eigenvalue weighted by Crippen LogP contribution is 2.39. The number of benzene rings is 2. The van der Waals surface area contributed by atoms with Crippen molar-refractivity contribution in [3.8, 4) is 11.5 Å². The summed E-state index contributed by atoms with van der Waals surface area (Å²) in [4.78, 5) is 27.8. The van der Waals surface area contributed by atoms with Crippen molar-refractivity contribution in [3.63, 3.8) is 0 Å². The Kier molecular flexibility index (Phi) is 6.98. The SMILES string of the molecule is COc1ccc(OC)c([C@H]2CN(C(=O)Cc3ccccc3)C[C@@H]2C(=O)NC(C)C)c1. The van der Waals surface area contributed by atoms with E-state index in [1.807, 2.05) is 62.4 Å². The largest absolute Gasteiger partial charge is 0.497 e. The molecule has 1 heterocycles. The zero-order valence-corrected chi connectivity index (χ0v) is 18.1. The van der Waals surface area contributed by atoms with Gasteiger partial charge in [-0.3, -0.25) is 9.59 Å². The number of methoxy groups -OCH3 is 2. The van der Waals surface area contributed by atoms with Crippen molar-refractivity contribution in [3.05, 3.63) is 59.7 Å². The molecule has 6 heteroatoms. The van der Waals surface area contributed by atoms with Crippen LogP contribution in [0.4, 0.5) is 0 Å². The standard InChI is InChI=1S/C24H30N2O4/c1-16(2)25-24(28)21-15-26(23(27)12-17-8-6-5-7-9-17)14-20(21)19-13-18(29-3)10-11-22(19)30-4/h5-11,13,16,20-21H,12,14-15H2,1-4H3,(H,25,28)/t20-,21+/m1/s1. The molecule has 0 radical (unpaired) electrons. The van der Waals surface area contributed by atoms with Gasteiger partial charge in [-0.15, -0.1) is 0 Å². The number of ether oxygens (including phenoxy) is 2. The minimum absolute atomic E-state index is 0.0212. The predicted octanol–water partition coefficient (Wildman–Crippen LogP) is 3.01. The normalized spacial score (nSPS) is 18.4. The van der Waals surface area contributed by atoms with Gasteiger partial charge in [-0.2, -0.15) is 0 Å². The van der Waals surface area contributed by atoms with Gasteiger partial charge in [0.1, 0.15) is 11.5 Å². The van der Waals surface area contributed by atoms with Gasteiger partial charge < -0.3 is 19.7 Å². The maximum Gasteiger partial charge on any atom is 0.227 e. The number of likely N-dealkylation sites (tertiary alicyclic amines) is 1. The van der Waals surface area contributed by atoms with E-state index >= 15 is 0 Å². The number of rotatable bonds is 7. The molecule has 2 amide bonds. The molecule has 3 rings (SSSR count). The molecule has 1 aliphatic heterocycles. The van der Waals surface area contributed by atoms with Gasteiger partial charge in [0.25, 0.3) is 0 Å². The Morgan fingerprint density at radius 2 is 1.80 bits per heavy atom. The van der Waals surface area contributed by atoms with Gasteiger partial charge in [0.15, 0.2) is 0 Å². The van der Waals surface area contributed by atoms with Crippen LogP contribution in [-0.2, 0) is 16.0 Å². The van der Waals surface area contributed by atoms with Gasteiger partial charge in [-0.05, 0) is 37.6 Å². The number of nitrogens with one attached hydrogen (secondary N) is 1. The zero-order chi connectivity index (χ0) is 21.7. The molecule has 0 bridgehead atoms. The van der Waals surface area contributed by atoms with Crippen molar-refractivity contribution >= 4 is 11.8 Å². The number of nitrogens with zero attached hydrogens (tertiary/aromatic N) is 1. The second kappa shape index (κ2) is 9.65. The number of carbonyl (C=O) groups excluding carboxylic acids is 2. The van der Waals surface area contributed by atoms with E-state index in [1.54, 1.807) is 19.1 Å². The molecule has 0 spiro atoms. The van der Waals surface area contributed by atoms with Crippen molar-refractivity contribution in [1.82, 2.24) is 10.2 Å². The van der Waals surface area contributed by atoms with Crippen LogP contribution in [-0.4, -0.2) is 50.1 Å². The molecule has 1 fully saturated rings. The van der Waals surface area contributed by atoms with Gasteiger partial charge >= 0.3 is 0 Å². The van der Waals surface area contributed by atoms with Gasteiger partial charge in [-0.25, -0.2) is 0 Å². The lowest BCUT2D eigenvalue weighted by Crippen LogP contribution is -2.39. The third kappa shape index (κ3) is 4.93. The monoisotopic (exact) mass is 410 g/mol. The molecule has 160 valence electrons. The molecule has 0 aliphatic carbocycles. The zero-order valence-electron chi connectivity index (χ0n) is 18.1. The lowest BCUT2D eigenvalue weighted by Gasteiger charge is -2.22. The topological polar surface area (TPSA) is 67.9 Å². The molecule has 30 heavy (non-hydrogen) atoms. The molecule has 0 saturated carbocycles. The summed E-state index contributed by atoms with van der Waals surface area (Å²) in [7, 11) is 3.22. The summed E-state index contributed by atoms with van der Waals surface area (Å²) in [5.74, 6) is 0.841. The molecule has 2 atom stereocenters. The van der Waals surface area contributed by atoms with Crippen LogP contribution in [0.15, 0.2) is 48.5 Å². The molecule has 1 aliphatic rings. The van der Waals surface area contributed by atoms with E-state index < -0.39 is 0 Å². The molecule has 2 aromatic rings. The Morgan fingerprint density at radius 3 is 2.43 bits per heavy atom. The highest BCUT2D eigenvalue weighted by atomic mass is 16.5. The van der Waals surface area contributed by atoms with Crippen LogP contribution in [0.2, 0.25) is 0 Å². The van der Waals surface area contributed by atoms with E-state index in [2.05, 4.69) is 5.32 Å². The van der Waals surface area contributed by atoms with Gasteiger partial charge in [0.05, 0.1) is 26.6 Å². The average molecular weight is 411 g/mol. The van der Waals surface area contributed by atoms with E-state index in [1.165, 1.54) is 0 Å². The molecular formula is C24H30N2O4. The highest BCUT2D eigenvalue weighted by Gasteiger charge is 2.41. The van der Waals surface area contributed by atoms with Crippen LogP contribution in [0.25, 0.3) is 0 Å². The summed E-state index contributed by atoms with van der Waals surface area (Å²) in [6, 6.07) is 15.3. The first-order valence-electron chi connectivity index (χ1n) is 10.3. The lowest BCUT2D eigenvalue weighted by atomic mass is 9.87. The van der Waals surface area contributed by atoms with Crippen LogP contribution in [0.5, 0.6) is 11.5 Å². The van der Waals surface area contributed by atoms with Crippen LogP contribution in [0.1, 0.15) is 30.9 Å². The van der Waals surface area contributed by atoms with Crippen molar-refractivity contribution in [1.29, 1.82) is 0 Å². The fourth-order valence-electron chi connectivity index (χ4n) is 3.99. The molecule has 0 unspecified atom stereocenters. The molecule has 1 saturated heterocycles. The Balaban J connectivity index is 1.89. The van der Waals surface area contributed by atoms with Crippen LogP contribution in [0, 0.1) is 5.92 Å². The summed E-state index contributed by atoms with van der Waals surface area (Å²) in [6.45, 7) is 4.72. The van der Waals surface area contributed by atoms with E-state index in [-0.39, 0.29) is 29.7 Å². The van der Waals surface area contributed by atoms with Gasteiger partial charge in [0, 0.05) is 30.6 Å². The van der Waals surface area contributed by atoms with Gasteiger partial charge in [0.2, 0.25) is 11.8 Å². The average Bonchev–Trinajstić information content (AvgIpc) is 3.19. The second-order valence-corrected chi connectivity index (χ2v) is 7.95. The minimum Gasteiger partial charge on any atom is -0.497 e. The third-order valence-corrected chi connectivity index (χ3v) is 5.47. The van der Waals surface area contributed by atoms with Crippen LogP contribution < -0.4 is 14.8 Å². The number of carbonyl (C=O) groups is 2. The molecule has 2 aromatic carbocycles.